The van der Waals surface area contributed by atoms with E-state index in [4.69, 9.17) is 4.74 Å². The molecular weight excluding hydrogens is 463 g/mol. The molecule has 11 heteroatoms. The molecule has 0 saturated heterocycles. The number of amides is 1. The second kappa shape index (κ2) is 8.69. The Morgan fingerprint density at radius 1 is 1.20 bits per heavy atom. The highest BCUT2D eigenvalue weighted by molar-refractivity contribution is 5.85. The van der Waals surface area contributed by atoms with Crippen molar-refractivity contribution in [3.63, 3.8) is 0 Å². The molecule has 35 heavy (non-hydrogen) atoms. The molecule has 8 nitrogen and oxygen atoms in total. The van der Waals surface area contributed by atoms with Crippen LogP contribution in [0.25, 0.3) is 22.6 Å². The van der Waals surface area contributed by atoms with Gasteiger partial charge in [-0.25, -0.2) is 14.8 Å². The van der Waals surface area contributed by atoms with Gasteiger partial charge in [0.05, 0.1) is 5.52 Å². The van der Waals surface area contributed by atoms with Crippen LogP contribution in [-0.2, 0) is 24.4 Å². The molecule has 0 unspecified atom stereocenters. The van der Waals surface area contributed by atoms with Gasteiger partial charge in [0, 0.05) is 13.1 Å². The van der Waals surface area contributed by atoms with E-state index in [9.17, 15) is 22.8 Å². The standard InChI is InChI=1S/C24H28F3N5O3/c1-6-7-13-8-11-17(30-22(34)35-23(2,3)4)29-18(13)20-28-15-12-16(24(25,26)27)32(14-9-10-14)21(33)19(15)31(20)5/h8,11-12,14H,6-7,9-10H2,1-5H3,(H,29,30,34). The second-order valence-electron chi connectivity index (χ2n) is 9.74. The Balaban J connectivity index is 1.86. The molecule has 1 N–H and O–H groups in total. The average Bonchev–Trinajstić information content (AvgIpc) is 3.50. The topological polar surface area (TPSA) is 91.0 Å². The zero-order chi connectivity index (χ0) is 25.7. The summed E-state index contributed by atoms with van der Waals surface area (Å²) in [5, 5.41) is 2.58. The van der Waals surface area contributed by atoms with Gasteiger partial charge in [0.15, 0.2) is 5.82 Å². The molecule has 1 saturated carbocycles. The molecule has 3 aromatic rings. The lowest BCUT2D eigenvalue weighted by Crippen LogP contribution is -2.28. The third-order valence-electron chi connectivity index (χ3n) is 5.62. The number of pyridine rings is 2. The number of rotatable bonds is 5. The Bertz CT molecular complexity index is 1350. The first-order chi connectivity index (χ1) is 16.3. The normalized spacial score (nSPS) is 14.4. The Morgan fingerprint density at radius 3 is 2.46 bits per heavy atom. The number of hydrogen-bond acceptors (Lipinski definition) is 5. The number of ether oxygens (including phenoxy) is 1. The minimum atomic E-state index is -4.68. The number of imidazole rings is 1. The number of alkyl halides is 3. The maximum Gasteiger partial charge on any atom is 0.431 e. The van der Waals surface area contributed by atoms with E-state index < -0.39 is 35.2 Å². The largest absolute Gasteiger partial charge is 0.444 e. The van der Waals surface area contributed by atoms with Crippen molar-refractivity contribution in [2.75, 3.05) is 5.32 Å². The van der Waals surface area contributed by atoms with Crippen LogP contribution in [0.1, 0.15) is 64.3 Å². The summed E-state index contributed by atoms with van der Waals surface area (Å²) in [5.74, 6) is 0.447. The number of carbonyl (C=O) groups excluding carboxylic acids is 1. The average molecular weight is 492 g/mol. The molecule has 188 valence electrons. The van der Waals surface area contributed by atoms with Crippen molar-refractivity contribution in [3.05, 3.63) is 39.8 Å². The van der Waals surface area contributed by atoms with E-state index in [1.165, 1.54) is 4.57 Å². The molecule has 4 rings (SSSR count). The van der Waals surface area contributed by atoms with E-state index in [0.29, 0.717) is 25.0 Å². The number of hydrogen-bond donors (Lipinski definition) is 1. The second-order valence-corrected chi connectivity index (χ2v) is 9.74. The van der Waals surface area contributed by atoms with Gasteiger partial charge in [-0.05, 0) is 57.7 Å². The summed E-state index contributed by atoms with van der Waals surface area (Å²) in [4.78, 5) is 34.4. The van der Waals surface area contributed by atoms with Crippen LogP contribution in [0.3, 0.4) is 0 Å². The van der Waals surface area contributed by atoms with Gasteiger partial charge in [-0.2, -0.15) is 13.2 Å². The molecule has 0 spiro atoms. The number of anilines is 1. The van der Waals surface area contributed by atoms with Crippen LogP contribution >= 0.6 is 0 Å². The van der Waals surface area contributed by atoms with Gasteiger partial charge in [0.2, 0.25) is 0 Å². The molecule has 0 bridgehead atoms. The number of aryl methyl sites for hydroxylation is 2. The Hall–Kier alpha value is -3.37. The summed E-state index contributed by atoms with van der Waals surface area (Å²) >= 11 is 0. The number of nitrogens with zero attached hydrogens (tertiary/aromatic N) is 4. The van der Waals surface area contributed by atoms with E-state index in [1.807, 2.05) is 6.92 Å². The molecule has 1 aliphatic carbocycles. The summed E-state index contributed by atoms with van der Waals surface area (Å²) in [6.45, 7) is 7.19. The fourth-order valence-electron chi connectivity index (χ4n) is 4.05. The van der Waals surface area contributed by atoms with Crippen LogP contribution in [-0.4, -0.2) is 30.8 Å². The van der Waals surface area contributed by atoms with Gasteiger partial charge in [-0.15, -0.1) is 0 Å². The van der Waals surface area contributed by atoms with Crippen LogP contribution in [0.15, 0.2) is 23.0 Å². The van der Waals surface area contributed by atoms with Gasteiger partial charge >= 0.3 is 12.3 Å². The van der Waals surface area contributed by atoms with Crippen molar-refractivity contribution in [2.45, 2.75) is 71.2 Å². The van der Waals surface area contributed by atoms with Gasteiger partial charge < -0.3 is 9.30 Å². The molecule has 3 aromatic heterocycles. The Morgan fingerprint density at radius 2 is 1.89 bits per heavy atom. The fraction of sp³-hybridized carbons (Fsp3) is 0.500. The maximum absolute atomic E-state index is 13.8. The summed E-state index contributed by atoms with van der Waals surface area (Å²) in [7, 11) is 1.59. The summed E-state index contributed by atoms with van der Waals surface area (Å²) in [6.07, 6.45) is -2.91. The van der Waals surface area contributed by atoms with Crippen LogP contribution in [0.4, 0.5) is 23.8 Å². The molecule has 1 fully saturated rings. The minimum Gasteiger partial charge on any atom is -0.444 e. The van der Waals surface area contributed by atoms with Crippen molar-refractivity contribution in [1.29, 1.82) is 0 Å². The van der Waals surface area contributed by atoms with Crippen molar-refractivity contribution in [2.24, 2.45) is 7.05 Å². The molecular formula is C24H28F3N5O3. The smallest absolute Gasteiger partial charge is 0.431 e. The molecule has 1 aliphatic rings. The van der Waals surface area contributed by atoms with E-state index in [1.54, 1.807) is 40.0 Å². The van der Waals surface area contributed by atoms with Crippen LogP contribution in [0.2, 0.25) is 0 Å². The molecule has 3 heterocycles. The Labute approximate surface area is 200 Å². The van der Waals surface area contributed by atoms with Crippen LogP contribution in [0.5, 0.6) is 0 Å². The van der Waals surface area contributed by atoms with Crippen LogP contribution < -0.4 is 10.9 Å². The first kappa shape index (κ1) is 24.7. The highest BCUT2D eigenvalue weighted by Gasteiger charge is 2.40. The van der Waals surface area contributed by atoms with E-state index >= 15 is 0 Å². The van der Waals surface area contributed by atoms with Crippen molar-refractivity contribution in [3.8, 4) is 11.5 Å². The number of fused-ring (bicyclic) bond motifs is 1. The lowest BCUT2D eigenvalue weighted by Gasteiger charge is -2.19. The third-order valence-corrected chi connectivity index (χ3v) is 5.62. The number of nitrogens with one attached hydrogen (secondary N) is 1. The summed E-state index contributed by atoms with van der Waals surface area (Å²) in [6, 6.07) is 3.88. The predicted molar refractivity (Wildman–Crippen MR) is 125 cm³/mol. The molecule has 0 radical (unpaired) electrons. The molecule has 1 amide bonds. The van der Waals surface area contributed by atoms with E-state index in [-0.39, 0.29) is 22.7 Å². The van der Waals surface area contributed by atoms with Gasteiger partial charge in [-0.1, -0.05) is 19.4 Å². The first-order valence-electron chi connectivity index (χ1n) is 11.5. The van der Waals surface area contributed by atoms with Crippen molar-refractivity contribution < 1.29 is 22.7 Å². The first-order valence-corrected chi connectivity index (χ1v) is 11.5. The van der Waals surface area contributed by atoms with E-state index in [0.717, 1.165) is 22.6 Å². The number of aromatic nitrogens is 4. The number of carbonyl (C=O) groups is 1. The predicted octanol–water partition coefficient (Wildman–Crippen LogP) is 5.45. The van der Waals surface area contributed by atoms with Crippen molar-refractivity contribution in [1.82, 2.24) is 19.1 Å². The maximum atomic E-state index is 13.8. The van der Waals surface area contributed by atoms with Gasteiger partial charge in [0.1, 0.15) is 28.3 Å². The summed E-state index contributed by atoms with van der Waals surface area (Å²) < 4.78 is 48.9. The minimum absolute atomic E-state index is 0.0496. The van der Waals surface area contributed by atoms with Crippen LogP contribution in [0, 0.1) is 0 Å². The SMILES string of the molecule is CCCc1ccc(NC(=O)OC(C)(C)C)nc1-c1nc2cc(C(F)(F)F)n(C3CC3)c(=O)c2n1C. The quantitative estimate of drug-likeness (QED) is 0.513. The van der Waals surface area contributed by atoms with Crippen molar-refractivity contribution >= 4 is 22.9 Å². The Kier molecular flexibility index (Phi) is 6.14. The lowest BCUT2D eigenvalue weighted by atomic mass is 10.1. The highest BCUT2D eigenvalue weighted by Crippen LogP contribution is 2.40. The summed E-state index contributed by atoms with van der Waals surface area (Å²) in [5.41, 5.74) is -1.22. The van der Waals surface area contributed by atoms with Gasteiger partial charge in [-0.3, -0.25) is 14.7 Å². The zero-order valence-electron chi connectivity index (χ0n) is 20.3. The monoisotopic (exact) mass is 491 g/mol. The molecule has 0 aliphatic heterocycles. The third kappa shape index (κ3) is 5.03. The van der Waals surface area contributed by atoms with Gasteiger partial charge in [0.25, 0.3) is 5.56 Å². The molecule has 0 atom stereocenters. The molecule has 0 aromatic carbocycles. The highest BCUT2D eigenvalue weighted by atomic mass is 19.4. The zero-order valence-corrected chi connectivity index (χ0v) is 20.3. The van der Waals surface area contributed by atoms with E-state index in [2.05, 4.69) is 15.3 Å². The number of halogens is 3. The lowest BCUT2D eigenvalue weighted by molar-refractivity contribution is -0.144. The fourth-order valence-corrected chi connectivity index (χ4v) is 4.05.